The van der Waals surface area contributed by atoms with Gasteiger partial charge in [-0.1, -0.05) is 42.5 Å². The number of benzene rings is 6. The van der Waals surface area contributed by atoms with Gasteiger partial charge in [-0.05, 0) is 127 Å². The monoisotopic (exact) mass is 412 g/mol. The zero-order chi connectivity index (χ0) is 21.1. The molecule has 0 amide bonds. The van der Waals surface area contributed by atoms with Crippen molar-refractivity contribution in [3.63, 3.8) is 0 Å². The molecule has 0 N–H and O–H groups in total. The van der Waals surface area contributed by atoms with Crippen LogP contribution in [0.4, 0.5) is 0 Å². The first-order chi connectivity index (χ1) is 15.8. The molecule has 1 atom stereocenters. The van der Waals surface area contributed by atoms with Crippen LogP contribution in [0.2, 0.25) is 0 Å². The maximum atomic E-state index is 6.14. The molecule has 6 aromatic carbocycles. The second kappa shape index (κ2) is 7.05. The van der Waals surface area contributed by atoms with Gasteiger partial charge in [0.1, 0.15) is 0 Å². The molecule has 1 heterocycles. The van der Waals surface area contributed by atoms with Gasteiger partial charge in [-0.2, -0.15) is 0 Å². The molecule has 0 bridgehead atoms. The van der Waals surface area contributed by atoms with Crippen molar-refractivity contribution in [2.24, 2.45) is 0 Å². The molecular formula is C31H24O. The number of hydrogen-bond acceptors (Lipinski definition) is 1. The fourth-order valence-corrected chi connectivity index (χ4v) is 5.51. The van der Waals surface area contributed by atoms with Crippen LogP contribution in [0.5, 0.6) is 0 Å². The molecular weight excluding hydrogens is 388 g/mol. The summed E-state index contributed by atoms with van der Waals surface area (Å²) in [4.78, 5) is 0. The highest BCUT2D eigenvalue weighted by Crippen LogP contribution is 2.36. The largest absolute Gasteiger partial charge is 0.374 e. The van der Waals surface area contributed by atoms with Crippen molar-refractivity contribution >= 4 is 53.9 Å². The molecule has 0 spiro atoms. The van der Waals surface area contributed by atoms with Crippen molar-refractivity contribution < 1.29 is 4.74 Å². The summed E-state index contributed by atoms with van der Waals surface area (Å²) in [6.07, 6.45) is 3.78. The van der Waals surface area contributed by atoms with E-state index in [0.717, 1.165) is 13.0 Å². The van der Waals surface area contributed by atoms with E-state index in [9.17, 15) is 0 Å². The lowest BCUT2D eigenvalue weighted by Crippen LogP contribution is -2.11. The van der Waals surface area contributed by atoms with E-state index in [4.69, 9.17) is 4.74 Å². The van der Waals surface area contributed by atoms with Crippen molar-refractivity contribution in [3.05, 3.63) is 96.6 Å². The Morgan fingerprint density at radius 1 is 0.500 bits per heavy atom. The molecule has 0 aromatic heterocycles. The number of ether oxygens (including phenoxy) is 1. The smallest absolute Gasteiger partial charge is 0.0830 e. The molecule has 0 aliphatic carbocycles. The predicted octanol–water partition coefficient (Wildman–Crippen LogP) is 8.69. The highest BCUT2D eigenvalue weighted by Gasteiger charge is 2.18. The van der Waals surface area contributed by atoms with Crippen molar-refractivity contribution in [2.75, 3.05) is 6.61 Å². The quantitative estimate of drug-likeness (QED) is 0.245. The van der Waals surface area contributed by atoms with E-state index in [1.54, 1.807) is 0 Å². The average molecular weight is 413 g/mol. The van der Waals surface area contributed by atoms with E-state index in [-0.39, 0.29) is 6.10 Å². The van der Waals surface area contributed by atoms with Gasteiger partial charge in [0, 0.05) is 6.61 Å². The molecule has 6 aromatic rings. The molecule has 154 valence electrons. The van der Waals surface area contributed by atoms with Crippen LogP contribution < -0.4 is 0 Å². The molecule has 1 saturated heterocycles. The van der Waals surface area contributed by atoms with Crippen LogP contribution in [0.25, 0.3) is 53.9 Å². The lowest BCUT2D eigenvalue weighted by atomic mass is 9.92. The van der Waals surface area contributed by atoms with Crippen LogP contribution in [-0.4, -0.2) is 6.61 Å². The maximum absolute atomic E-state index is 6.14. The first kappa shape index (κ1) is 18.2. The Morgan fingerprint density at radius 2 is 1.03 bits per heavy atom. The van der Waals surface area contributed by atoms with Gasteiger partial charge in [0.05, 0.1) is 6.10 Å². The van der Waals surface area contributed by atoms with Gasteiger partial charge in [-0.25, -0.2) is 0 Å². The molecule has 1 unspecified atom stereocenters. The summed E-state index contributed by atoms with van der Waals surface area (Å²) in [5.41, 5.74) is 1.34. The third-order valence-electron chi connectivity index (χ3n) is 7.17. The third-order valence-corrected chi connectivity index (χ3v) is 7.17. The van der Waals surface area contributed by atoms with Crippen LogP contribution in [-0.2, 0) is 4.74 Å². The van der Waals surface area contributed by atoms with E-state index in [1.807, 2.05) is 0 Å². The summed E-state index contributed by atoms with van der Waals surface area (Å²) in [5.74, 6) is 0. The van der Waals surface area contributed by atoms with Crippen LogP contribution in [0.15, 0.2) is 91.0 Å². The average Bonchev–Trinajstić information content (AvgIpc) is 2.84. The lowest BCUT2D eigenvalue weighted by molar-refractivity contribution is 0.0158. The molecule has 7 rings (SSSR count). The van der Waals surface area contributed by atoms with Crippen LogP contribution in [0.3, 0.4) is 0 Å². The molecule has 1 aliphatic heterocycles. The topological polar surface area (TPSA) is 9.23 Å². The zero-order valence-electron chi connectivity index (χ0n) is 18.0. The minimum atomic E-state index is 0.225. The molecule has 0 saturated carbocycles. The van der Waals surface area contributed by atoms with Gasteiger partial charge in [-0.15, -0.1) is 0 Å². The summed E-state index contributed by atoms with van der Waals surface area (Å²) in [6.45, 7) is 0.876. The Bertz CT molecular complexity index is 1650. The van der Waals surface area contributed by atoms with Crippen LogP contribution in [0, 0.1) is 0 Å². The van der Waals surface area contributed by atoms with Crippen molar-refractivity contribution in [2.45, 2.75) is 25.4 Å². The van der Waals surface area contributed by atoms with Gasteiger partial charge in [-0.3, -0.25) is 0 Å². The Balaban J connectivity index is 1.46. The van der Waals surface area contributed by atoms with Crippen molar-refractivity contribution in [1.29, 1.82) is 0 Å². The second-order valence-corrected chi connectivity index (χ2v) is 9.22. The molecule has 1 fully saturated rings. The fourth-order valence-electron chi connectivity index (χ4n) is 5.51. The molecule has 0 radical (unpaired) electrons. The maximum Gasteiger partial charge on any atom is 0.0830 e. The van der Waals surface area contributed by atoms with E-state index in [2.05, 4.69) is 91.0 Å². The SMILES string of the molecule is c1ccc2cc3cc4cc5cc6c(C7CCCCO7)cccc6cc5cc4cc3cc2c1. The molecule has 1 nitrogen and oxygen atoms in total. The minimum Gasteiger partial charge on any atom is -0.374 e. The number of fused-ring (bicyclic) bond motifs is 5. The van der Waals surface area contributed by atoms with Gasteiger partial charge < -0.3 is 4.74 Å². The molecule has 1 heteroatoms. The van der Waals surface area contributed by atoms with E-state index < -0.39 is 0 Å². The van der Waals surface area contributed by atoms with E-state index in [0.29, 0.717) is 0 Å². The zero-order valence-corrected chi connectivity index (χ0v) is 18.0. The number of rotatable bonds is 1. The Kier molecular flexibility index (Phi) is 4.00. The van der Waals surface area contributed by atoms with Gasteiger partial charge in [0.2, 0.25) is 0 Å². The highest BCUT2D eigenvalue weighted by atomic mass is 16.5. The van der Waals surface area contributed by atoms with E-state index in [1.165, 1.54) is 72.3 Å². The predicted molar refractivity (Wildman–Crippen MR) is 137 cm³/mol. The first-order valence-electron chi connectivity index (χ1n) is 11.7. The van der Waals surface area contributed by atoms with Gasteiger partial charge in [0.15, 0.2) is 0 Å². The Morgan fingerprint density at radius 3 is 1.62 bits per heavy atom. The summed E-state index contributed by atoms with van der Waals surface area (Å²) in [5, 5.41) is 13.0. The summed E-state index contributed by atoms with van der Waals surface area (Å²) < 4.78 is 6.14. The van der Waals surface area contributed by atoms with Crippen LogP contribution in [0.1, 0.15) is 30.9 Å². The standard InChI is InChI=1S/C31H24O/c1-2-7-21-13-24-16-27-18-28-19-30-22(8-5-9-29(30)31-10-3-4-11-32-31)14-25(28)17-26(27)15-23(24)12-20(21)6-1/h1-2,5-9,12-19,31H,3-4,10-11H2. The summed E-state index contributed by atoms with van der Waals surface area (Å²) >= 11 is 0. The molecule has 1 aliphatic rings. The minimum absolute atomic E-state index is 0.225. The highest BCUT2D eigenvalue weighted by molar-refractivity contribution is 6.10. The summed E-state index contributed by atoms with van der Waals surface area (Å²) in [7, 11) is 0. The lowest BCUT2D eigenvalue weighted by Gasteiger charge is -2.24. The van der Waals surface area contributed by atoms with Gasteiger partial charge >= 0.3 is 0 Å². The summed E-state index contributed by atoms with van der Waals surface area (Å²) in [6, 6.07) is 34.0. The van der Waals surface area contributed by atoms with E-state index >= 15 is 0 Å². The van der Waals surface area contributed by atoms with Crippen molar-refractivity contribution in [1.82, 2.24) is 0 Å². The Labute approximate surface area is 187 Å². The second-order valence-electron chi connectivity index (χ2n) is 9.22. The first-order valence-corrected chi connectivity index (χ1v) is 11.7. The number of hydrogen-bond donors (Lipinski definition) is 0. The molecule has 32 heavy (non-hydrogen) atoms. The van der Waals surface area contributed by atoms with Crippen molar-refractivity contribution in [3.8, 4) is 0 Å². The normalized spacial score (nSPS) is 17.1. The fraction of sp³-hybridized carbons (Fsp3) is 0.161. The third kappa shape index (κ3) is 2.89. The van der Waals surface area contributed by atoms with Gasteiger partial charge in [0.25, 0.3) is 0 Å². The Hall–Kier alpha value is -3.42. The van der Waals surface area contributed by atoms with Crippen LogP contribution >= 0.6 is 0 Å².